The molecular formula is C42H28N2S. The molecular weight excluding hydrogens is 565 g/mol. The van der Waals surface area contributed by atoms with Gasteiger partial charge < -0.3 is 9.47 Å². The van der Waals surface area contributed by atoms with Gasteiger partial charge >= 0.3 is 0 Å². The van der Waals surface area contributed by atoms with Crippen molar-refractivity contribution in [2.45, 2.75) is 0 Å². The fraction of sp³-hybridized carbons (Fsp3) is 0. The summed E-state index contributed by atoms with van der Waals surface area (Å²) in [6, 6.07) is 61.4. The van der Waals surface area contributed by atoms with Crippen molar-refractivity contribution in [3.8, 4) is 16.8 Å². The average molecular weight is 593 g/mol. The Morgan fingerprint density at radius 1 is 0.422 bits per heavy atom. The largest absolute Gasteiger partial charge is 0.308 e. The lowest BCUT2D eigenvalue weighted by Crippen LogP contribution is -2.12. The molecule has 0 N–H and O–H groups in total. The predicted molar refractivity (Wildman–Crippen MR) is 194 cm³/mol. The zero-order chi connectivity index (χ0) is 29.7. The standard InChI is InChI=1S/C42H28N2S/c1-4-14-29(15-5-1)30-26-37-34-20-10-12-22-38(34)44(32-18-8-3-9-19-32)42(37)39(27-30)43(31-16-6-2-7-17-31)33-24-25-36-35-21-11-13-23-40(35)45-41(36)28-33/h1-28H. The fourth-order valence-corrected chi connectivity index (χ4v) is 7.89. The fourth-order valence-electron chi connectivity index (χ4n) is 6.75. The van der Waals surface area contributed by atoms with Crippen LogP contribution in [-0.4, -0.2) is 4.57 Å². The highest BCUT2D eigenvalue weighted by Gasteiger charge is 2.23. The summed E-state index contributed by atoms with van der Waals surface area (Å²) in [5.74, 6) is 0. The molecule has 0 saturated carbocycles. The lowest BCUT2D eigenvalue weighted by atomic mass is 10.00. The number of benzene rings is 7. The van der Waals surface area contributed by atoms with E-state index in [2.05, 4.69) is 179 Å². The molecule has 0 aliphatic rings. The molecule has 212 valence electrons. The van der Waals surface area contributed by atoms with Crippen molar-refractivity contribution in [2.75, 3.05) is 4.90 Å². The molecule has 0 radical (unpaired) electrons. The number of aromatic nitrogens is 1. The molecule has 0 atom stereocenters. The Morgan fingerprint density at radius 3 is 1.87 bits per heavy atom. The van der Waals surface area contributed by atoms with Gasteiger partial charge in [0.25, 0.3) is 0 Å². The second kappa shape index (κ2) is 10.5. The molecule has 0 saturated heterocycles. The summed E-state index contributed by atoms with van der Waals surface area (Å²) >= 11 is 1.86. The normalized spacial score (nSPS) is 11.6. The van der Waals surface area contributed by atoms with Crippen molar-refractivity contribution in [2.24, 2.45) is 0 Å². The Bertz CT molecular complexity index is 2470. The van der Waals surface area contributed by atoms with E-state index in [9.17, 15) is 0 Å². The third-order valence-corrected chi connectivity index (χ3v) is 9.88. The number of thiophene rings is 1. The van der Waals surface area contributed by atoms with Gasteiger partial charge in [0.15, 0.2) is 0 Å². The molecule has 0 aliphatic carbocycles. The third kappa shape index (κ3) is 4.24. The highest BCUT2D eigenvalue weighted by molar-refractivity contribution is 7.25. The first kappa shape index (κ1) is 25.8. The molecule has 0 unspecified atom stereocenters. The van der Waals surface area contributed by atoms with Crippen LogP contribution >= 0.6 is 11.3 Å². The lowest BCUT2D eigenvalue weighted by Gasteiger charge is -2.28. The van der Waals surface area contributed by atoms with Gasteiger partial charge in [0.05, 0.1) is 16.7 Å². The van der Waals surface area contributed by atoms with Gasteiger partial charge in [0.2, 0.25) is 0 Å². The van der Waals surface area contributed by atoms with Crippen LogP contribution in [0.5, 0.6) is 0 Å². The van der Waals surface area contributed by atoms with E-state index in [1.165, 1.54) is 53.1 Å². The van der Waals surface area contributed by atoms with Crippen LogP contribution in [0.2, 0.25) is 0 Å². The molecule has 0 fully saturated rings. The maximum Gasteiger partial charge on any atom is 0.0782 e. The Balaban J connectivity index is 1.42. The van der Waals surface area contributed by atoms with E-state index in [-0.39, 0.29) is 0 Å². The first-order valence-corrected chi connectivity index (χ1v) is 16.1. The van der Waals surface area contributed by atoms with Crippen LogP contribution in [0.25, 0.3) is 58.8 Å². The van der Waals surface area contributed by atoms with Gasteiger partial charge in [-0.1, -0.05) is 109 Å². The zero-order valence-electron chi connectivity index (χ0n) is 24.5. The molecule has 45 heavy (non-hydrogen) atoms. The lowest BCUT2D eigenvalue weighted by molar-refractivity contribution is 1.17. The molecule has 9 aromatic rings. The minimum absolute atomic E-state index is 1.12. The first-order chi connectivity index (χ1) is 22.3. The summed E-state index contributed by atoms with van der Waals surface area (Å²) in [5.41, 5.74) is 9.30. The predicted octanol–water partition coefficient (Wildman–Crippen LogP) is 12.3. The van der Waals surface area contributed by atoms with Crippen molar-refractivity contribution in [1.29, 1.82) is 0 Å². The van der Waals surface area contributed by atoms with Gasteiger partial charge in [0, 0.05) is 48.0 Å². The molecule has 2 aromatic heterocycles. The number of hydrogen-bond acceptors (Lipinski definition) is 2. The summed E-state index contributed by atoms with van der Waals surface area (Å²) < 4.78 is 5.03. The van der Waals surface area contributed by atoms with E-state index in [1.54, 1.807) is 0 Å². The van der Waals surface area contributed by atoms with Crippen molar-refractivity contribution in [3.63, 3.8) is 0 Å². The van der Waals surface area contributed by atoms with Crippen LogP contribution < -0.4 is 4.90 Å². The van der Waals surface area contributed by atoms with Gasteiger partial charge in [-0.2, -0.15) is 0 Å². The summed E-state index contributed by atoms with van der Waals surface area (Å²) in [4.78, 5) is 2.44. The Labute approximate surface area is 265 Å². The number of para-hydroxylation sites is 3. The average Bonchev–Trinajstić information content (AvgIpc) is 3.65. The second-order valence-corrected chi connectivity index (χ2v) is 12.5. The third-order valence-electron chi connectivity index (χ3n) is 8.75. The SMILES string of the molecule is c1ccc(-c2cc(N(c3ccccc3)c3ccc4c(c3)sc3ccccc34)c3c(c2)c2ccccc2n3-c2ccccc2)cc1. The molecule has 7 aromatic carbocycles. The van der Waals surface area contributed by atoms with E-state index in [4.69, 9.17) is 0 Å². The van der Waals surface area contributed by atoms with E-state index in [1.807, 2.05) is 11.3 Å². The smallest absolute Gasteiger partial charge is 0.0782 e. The number of hydrogen-bond donors (Lipinski definition) is 0. The molecule has 0 bridgehead atoms. The molecule has 0 amide bonds. The van der Waals surface area contributed by atoms with Crippen LogP contribution in [0.1, 0.15) is 0 Å². The molecule has 0 aliphatic heterocycles. The number of nitrogens with zero attached hydrogens (tertiary/aromatic N) is 2. The van der Waals surface area contributed by atoms with Gasteiger partial charge in [-0.3, -0.25) is 0 Å². The zero-order valence-corrected chi connectivity index (χ0v) is 25.3. The number of rotatable bonds is 5. The highest BCUT2D eigenvalue weighted by atomic mass is 32.1. The highest BCUT2D eigenvalue weighted by Crippen LogP contribution is 2.47. The van der Waals surface area contributed by atoms with E-state index >= 15 is 0 Å². The summed E-state index contributed by atoms with van der Waals surface area (Å²) in [5, 5.41) is 5.08. The molecule has 0 spiro atoms. The summed E-state index contributed by atoms with van der Waals surface area (Å²) in [6.07, 6.45) is 0. The van der Waals surface area contributed by atoms with E-state index in [0.717, 1.165) is 22.7 Å². The first-order valence-electron chi connectivity index (χ1n) is 15.3. The molecule has 9 rings (SSSR count). The maximum absolute atomic E-state index is 2.44. The van der Waals surface area contributed by atoms with Crippen molar-refractivity contribution >= 4 is 70.4 Å². The molecule has 2 heterocycles. The monoisotopic (exact) mass is 592 g/mol. The minimum Gasteiger partial charge on any atom is -0.308 e. The summed E-state index contributed by atoms with van der Waals surface area (Å²) in [6.45, 7) is 0. The Kier molecular flexibility index (Phi) is 6.03. The van der Waals surface area contributed by atoms with Crippen LogP contribution in [0.15, 0.2) is 170 Å². The van der Waals surface area contributed by atoms with E-state index in [0.29, 0.717) is 0 Å². The molecule has 3 heteroatoms. The summed E-state index contributed by atoms with van der Waals surface area (Å²) in [7, 11) is 0. The van der Waals surface area contributed by atoms with Gasteiger partial charge in [-0.25, -0.2) is 0 Å². The quantitative estimate of drug-likeness (QED) is 0.193. The number of anilines is 3. The van der Waals surface area contributed by atoms with Gasteiger partial charge in [0.1, 0.15) is 0 Å². The topological polar surface area (TPSA) is 8.17 Å². The van der Waals surface area contributed by atoms with Gasteiger partial charge in [-0.15, -0.1) is 11.3 Å². The minimum atomic E-state index is 1.12. The van der Waals surface area contributed by atoms with Crippen LogP contribution in [0.3, 0.4) is 0 Å². The second-order valence-electron chi connectivity index (χ2n) is 11.4. The van der Waals surface area contributed by atoms with Crippen molar-refractivity contribution < 1.29 is 0 Å². The Hall–Kier alpha value is -5.64. The van der Waals surface area contributed by atoms with Crippen LogP contribution in [0.4, 0.5) is 17.1 Å². The maximum atomic E-state index is 2.44. The Morgan fingerprint density at radius 2 is 1.07 bits per heavy atom. The van der Waals surface area contributed by atoms with Crippen LogP contribution in [-0.2, 0) is 0 Å². The molecule has 2 nitrogen and oxygen atoms in total. The van der Waals surface area contributed by atoms with Crippen molar-refractivity contribution in [1.82, 2.24) is 4.57 Å². The number of fused-ring (bicyclic) bond motifs is 6. The van der Waals surface area contributed by atoms with Crippen LogP contribution in [0, 0.1) is 0 Å². The van der Waals surface area contributed by atoms with E-state index < -0.39 is 0 Å². The van der Waals surface area contributed by atoms with Gasteiger partial charge in [-0.05, 0) is 71.8 Å². The van der Waals surface area contributed by atoms with Crippen molar-refractivity contribution in [3.05, 3.63) is 170 Å².